The van der Waals surface area contributed by atoms with Crippen molar-refractivity contribution in [2.24, 2.45) is 7.05 Å². The van der Waals surface area contributed by atoms with E-state index in [1.54, 1.807) is 16.8 Å². The van der Waals surface area contributed by atoms with Crippen molar-refractivity contribution in [1.82, 2.24) is 9.78 Å². The van der Waals surface area contributed by atoms with E-state index in [-0.39, 0.29) is 10.8 Å². The number of aromatic nitrogens is 2. The van der Waals surface area contributed by atoms with Crippen LogP contribution in [-0.2, 0) is 7.05 Å². The predicted molar refractivity (Wildman–Crippen MR) is 80.3 cm³/mol. The molecule has 0 fully saturated rings. The standard InChI is InChI=1S/C13H12Cl2N2OS/c1-4-8-7(2)16-17(3)13(8)19-12-6-11(18)9(14)5-10(12)15/h4-6,18H,1H2,2-3H3. The van der Waals surface area contributed by atoms with Gasteiger partial charge in [0, 0.05) is 17.5 Å². The minimum Gasteiger partial charge on any atom is -0.506 e. The Morgan fingerprint density at radius 1 is 1.37 bits per heavy atom. The van der Waals surface area contributed by atoms with E-state index >= 15 is 0 Å². The molecule has 19 heavy (non-hydrogen) atoms. The topological polar surface area (TPSA) is 38.0 Å². The van der Waals surface area contributed by atoms with Crippen LogP contribution in [0.2, 0.25) is 10.0 Å². The zero-order chi connectivity index (χ0) is 14.2. The Bertz CT molecular complexity index is 653. The van der Waals surface area contributed by atoms with E-state index in [1.165, 1.54) is 17.8 Å². The van der Waals surface area contributed by atoms with Crippen LogP contribution in [0.1, 0.15) is 11.3 Å². The number of benzene rings is 1. The number of phenolic OH excluding ortho intramolecular Hbond substituents is 1. The Morgan fingerprint density at radius 3 is 2.68 bits per heavy atom. The minimum atomic E-state index is 0.00705. The number of phenols is 1. The first kappa shape index (κ1) is 14.3. The molecule has 0 saturated heterocycles. The fraction of sp³-hybridized carbons (Fsp3) is 0.154. The quantitative estimate of drug-likeness (QED) is 0.904. The lowest BCUT2D eigenvalue weighted by Gasteiger charge is -2.07. The zero-order valence-corrected chi connectivity index (χ0v) is 12.8. The van der Waals surface area contributed by atoms with Crippen molar-refractivity contribution in [3.05, 3.63) is 40.0 Å². The van der Waals surface area contributed by atoms with Gasteiger partial charge >= 0.3 is 0 Å². The molecule has 1 aromatic carbocycles. The maximum Gasteiger partial charge on any atom is 0.135 e. The van der Waals surface area contributed by atoms with Gasteiger partial charge in [0.2, 0.25) is 0 Å². The Hall–Kier alpha value is -1.10. The summed E-state index contributed by atoms with van der Waals surface area (Å²) in [5.41, 5.74) is 1.85. The number of rotatable bonds is 3. The Labute approximate surface area is 125 Å². The smallest absolute Gasteiger partial charge is 0.135 e. The van der Waals surface area contributed by atoms with Crippen LogP contribution in [0.5, 0.6) is 5.75 Å². The number of nitrogens with zero attached hydrogens (tertiary/aromatic N) is 2. The van der Waals surface area contributed by atoms with Gasteiger partial charge < -0.3 is 5.11 Å². The predicted octanol–water partition coefficient (Wildman–Crippen LogP) is 4.54. The number of hydrogen-bond donors (Lipinski definition) is 1. The molecule has 0 radical (unpaired) electrons. The first-order chi connectivity index (χ1) is 8.93. The van der Waals surface area contributed by atoms with Crippen LogP contribution in [0.4, 0.5) is 0 Å². The first-order valence-corrected chi connectivity index (χ1v) is 7.03. The summed E-state index contributed by atoms with van der Waals surface area (Å²) in [6.07, 6.45) is 1.76. The highest BCUT2D eigenvalue weighted by molar-refractivity contribution is 7.99. The highest BCUT2D eigenvalue weighted by Gasteiger charge is 2.15. The van der Waals surface area contributed by atoms with Crippen LogP contribution in [0.15, 0.2) is 28.6 Å². The summed E-state index contributed by atoms with van der Waals surface area (Å²) >= 11 is 13.4. The van der Waals surface area contributed by atoms with Gasteiger partial charge in [-0.05, 0) is 19.1 Å². The van der Waals surface area contributed by atoms with Crippen molar-refractivity contribution < 1.29 is 5.11 Å². The third-order valence-electron chi connectivity index (χ3n) is 2.63. The van der Waals surface area contributed by atoms with Crippen molar-refractivity contribution in [1.29, 1.82) is 0 Å². The molecular weight excluding hydrogens is 303 g/mol. The summed E-state index contributed by atoms with van der Waals surface area (Å²) in [5.74, 6) is 0.00705. The Morgan fingerprint density at radius 2 is 2.05 bits per heavy atom. The first-order valence-electron chi connectivity index (χ1n) is 5.46. The van der Waals surface area contributed by atoms with Crippen LogP contribution >= 0.6 is 35.0 Å². The SMILES string of the molecule is C=Cc1c(C)nn(C)c1Sc1cc(O)c(Cl)cc1Cl. The fourth-order valence-electron chi connectivity index (χ4n) is 1.71. The minimum absolute atomic E-state index is 0.00705. The third-order valence-corrected chi connectivity index (χ3v) is 4.59. The van der Waals surface area contributed by atoms with E-state index in [9.17, 15) is 5.11 Å². The van der Waals surface area contributed by atoms with Crippen LogP contribution in [0.3, 0.4) is 0 Å². The van der Waals surface area contributed by atoms with E-state index in [2.05, 4.69) is 11.7 Å². The molecule has 1 N–H and O–H groups in total. The third kappa shape index (κ3) is 2.76. The molecule has 0 saturated carbocycles. The van der Waals surface area contributed by atoms with Gasteiger partial charge in [0.25, 0.3) is 0 Å². The van der Waals surface area contributed by atoms with E-state index in [0.29, 0.717) is 5.02 Å². The number of halogens is 2. The normalized spacial score (nSPS) is 10.7. The second kappa shape index (κ2) is 5.49. The number of aromatic hydroxyl groups is 1. The van der Waals surface area contributed by atoms with Crippen molar-refractivity contribution in [3.8, 4) is 5.75 Å². The molecule has 1 heterocycles. The van der Waals surface area contributed by atoms with Gasteiger partial charge in [-0.1, -0.05) is 47.6 Å². The van der Waals surface area contributed by atoms with Gasteiger partial charge in [0.05, 0.1) is 15.7 Å². The van der Waals surface area contributed by atoms with Gasteiger partial charge in [-0.25, -0.2) is 0 Å². The highest BCUT2D eigenvalue weighted by Crippen LogP contribution is 2.40. The van der Waals surface area contributed by atoms with Crippen LogP contribution in [0, 0.1) is 6.92 Å². The van der Waals surface area contributed by atoms with Crippen molar-refractivity contribution in [2.75, 3.05) is 0 Å². The fourth-order valence-corrected chi connectivity index (χ4v) is 3.26. The van der Waals surface area contributed by atoms with Crippen LogP contribution < -0.4 is 0 Å². The zero-order valence-electron chi connectivity index (χ0n) is 10.4. The molecule has 0 atom stereocenters. The molecule has 0 aliphatic carbocycles. The van der Waals surface area contributed by atoms with E-state index in [4.69, 9.17) is 23.2 Å². The van der Waals surface area contributed by atoms with Crippen molar-refractivity contribution in [2.45, 2.75) is 16.8 Å². The summed E-state index contributed by atoms with van der Waals surface area (Å²) in [4.78, 5) is 0.717. The average molecular weight is 315 g/mol. The summed E-state index contributed by atoms with van der Waals surface area (Å²) in [6.45, 7) is 5.71. The molecule has 0 unspecified atom stereocenters. The molecule has 0 amide bonds. The monoisotopic (exact) mass is 314 g/mol. The summed E-state index contributed by atoms with van der Waals surface area (Å²) < 4.78 is 1.76. The highest BCUT2D eigenvalue weighted by atomic mass is 35.5. The molecule has 2 rings (SSSR count). The molecule has 100 valence electrons. The maximum atomic E-state index is 9.66. The molecule has 2 aromatic rings. The summed E-state index contributed by atoms with van der Waals surface area (Å²) in [5, 5.41) is 15.6. The molecule has 1 aromatic heterocycles. The lowest BCUT2D eigenvalue weighted by atomic mass is 10.3. The molecule has 6 heteroatoms. The molecule has 0 spiro atoms. The average Bonchev–Trinajstić information content (AvgIpc) is 2.60. The summed E-state index contributed by atoms with van der Waals surface area (Å²) in [6, 6.07) is 3.07. The molecule has 0 aliphatic heterocycles. The number of aryl methyl sites for hydroxylation is 2. The van der Waals surface area contributed by atoms with Gasteiger partial charge in [-0.3, -0.25) is 4.68 Å². The Balaban J connectivity index is 2.47. The molecule has 0 bridgehead atoms. The Kier molecular flexibility index (Phi) is 4.13. The van der Waals surface area contributed by atoms with Crippen molar-refractivity contribution in [3.63, 3.8) is 0 Å². The van der Waals surface area contributed by atoms with Crippen LogP contribution in [-0.4, -0.2) is 14.9 Å². The second-order valence-corrected chi connectivity index (χ2v) is 5.81. The molecule has 0 aliphatic rings. The van der Waals surface area contributed by atoms with Crippen molar-refractivity contribution >= 4 is 41.0 Å². The largest absolute Gasteiger partial charge is 0.506 e. The second-order valence-electron chi connectivity index (χ2n) is 3.97. The van der Waals surface area contributed by atoms with Gasteiger partial charge in [-0.15, -0.1) is 0 Å². The van der Waals surface area contributed by atoms with E-state index in [0.717, 1.165) is 21.2 Å². The van der Waals surface area contributed by atoms with Gasteiger partial charge in [-0.2, -0.15) is 5.10 Å². The summed E-state index contributed by atoms with van der Waals surface area (Å²) in [7, 11) is 1.85. The lowest BCUT2D eigenvalue weighted by molar-refractivity contribution is 0.474. The lowest BCUT2D eigenvalue weighted by Crippen LogP contribution is -1.92. The maximum absolute atomic E-state index is 9.66. The number of hydrogen-bond acceptors (Lipinski definition) is 3. The van der Waals surface area contributed by atoms with E-state index < -0.39 is 0 Å². The molecular formula is C13H12Cl2N2OS. The van der Waals surface area contributed by atoms with Gasteiger partial charge in [0.1, 0.15) is 10.8 Å². The molecule has 3 nitrogen and oxygen atoms in total. The van der Waals surface area contributed by atoms with Crippen LogP contribution in [0.25, 0.3) is 6.08 Å². The van der Waals surface area contributed by atoms with E-state index in [1.807, 2.05) is 14.0 Å². The van der Waals surface area contributed by atoms with Gasteiger partial charge in [0.15, 0.2) is 0 Å².